The molecule has 8 aromatic rings. The quantitative estimate of drug-likeness (QED) is 0.283. The van der Waals surface area contributed by atoms with Crippen LogP contribution < -0.4 is 0 Å². The highest BCUT2D eigenvalue weighted by Gasteiger charge is 2.19. The van der Waals surface area contributed by atoms with Crippen molar-refractivity contribution in [2.24, 2.45) is 0 Å². The van der Waals surface area contributed by atoms with E-state index >= 15 is 0 Å². The second-order valence-electron chi connectivity index (χ2n) is 8.66. The predicted octanol–water partition coefficient (Wildman–Crippen LogP) is 8.32. The number of fused-ring (bicyclic) bond motifs is 10. The van der Waals surface area contributed by atoms with Crippen LogP contribution in [0.4, 0.5) is 0 Å². The lowest BCUT2D eigenvalue weighted by Gasteiger charge is -2.08. The highest BCUT2D eigenvalue weighted by molar-refractivity contribution is 6.25. The molecule has 0 unspecified atom stereocenters. The summed E-state index contributed by atoms with van der Waals surface area (Å²) in [5.74, 6) is 0. The van der Waals surface area contributed by atoms with Gasteiger partial charge in [0.25, 0.3) is 0 Å². The molecule has 0 spiro atoms. The standard InChI is InChI=1S/C30H18N2O/c1-4-12-23-18(8-1)20-16-17-25-28(29(20)31-23)22-10-2-5-13-24(22)32(25)26-14-7-11-21-19-9-3-6-15-27(19)33-30(21)26/h1-17,31H. The lowest BCUT2D eigenvalue weighted by Crippen LogP contribution is -1.94. The summed E-state index contributed by atoms with van der Waals surface area (Å²) in [5.41, 5.74) is 7.58. The maximum Gasteiger partial charge on any atom is 0.159 e. The Bertz CT molecular complexity index is 2030. The molecule has 0 fully saturated rings. The van der Waals surface area contributed by atoms with Gasteiger partial charge in [-0.3, -0.25) is 0 Å². The molecule has 33 heavy (non-hydrogen) atoms. The summed E-state index contributed by atoms with van der Waals surface area (Å²) in [5, 5.41) is 7.27. The minimum atomic E-state index is 0.915. The van der Waals surface area contributed by atoms with Gasteiger partial charge in [0, 0.05) is 37.8 Å². The second-order valence-corrected chi connectivity index (χ2v) is 8.66. The maximum atomic E-state index is 6.41. The van der Waals surface area contributed by atoms with Gasteiger partial charge in [-0.15, -0.1) is 0 Å². The normalized spacial score (nSPS) is 12.2. The molecule has 0 amide bonds. The number of aromatic amines is 1. The first-order chi connectivity index (χ1) is 16.4. The van der Waals surface area contributed by atoms with Crippen LogP contribution in [-0.4, -0.2) is 9.55 Å². The van der Waals surface area contributed by atoms with Gasteiger partial charge in [0.2, 0.25) is 0 Å². The maximum absolute atomic E-state index is 6.41. The fraction of sp³-hybridized carbons (Fsp3) is 0. The van der Waals surface area contributed by atoms with Gasteiger partial charge in [-0.25, -0.2) is 0 Å². The fourth-order valence-electron chi connectivity index (χ4n) is 5.54. The largest absolute Gasteiger partial charge is 0.454 e. The zero-order valence-electron chi connectivity index (χ0n) is 17.7. The molecule has 1 N–H and O–H groups in total. The first-order valence-corrected chi connectivity index (χ1v) is 11.2. The van der Waals surface area contributed by atoms with Crippen LogP contribution in [0.3, 0.4) is 0 Å². The van der Waals surface area contributed by atoms with Gasteiger partial charge in [0.05, 0.1) is 22.2 Å². The smallest absolute Gasteiger partial charge is 0.159 e. The van der Waals surface area contributed by atoms with Crippen molar-refractivity contribution in [1.82, 2.24) is 9.55 Å². The molecule has 0 aliphatic rings. The number of H-pyrrole nitrogens is 1. The third-order valence-electron chi connectivity index (χ3n) is 6.94. The molecule has 154 valence electrons. The summed E-state index contributed by atoms with van der Waals surface area (Å²) in [4.78, 5) is 3.70. The van der Waals surface area contributed by atoms with Gasteiger partial charge in [-0.1, -0.05) is 72.8 Å². The highest BCUT2D eigenvalue weighted by Crippen LogP contribution is 2.41. The number of benzene rings is 5. The third-order valence-corrected chi connectivity index (χ3v) is 6.94. The minimum absolute atomic E-state index is 0.915. The van der Waals surface area contributed by atoms with E-state index in [4.69, 9.17) is 4.42 Å². The van der Waals surface area contributed by atoms with Crippen LogP contribution in [0.15, 0.2) is 108 Å². The molecule has 0 aliphatic heterocycles. The monoisotopic (exact) mass is 422 g/mol. The van der Waals surface area contributed by atoms with Crippen molar-refractivity contribution < 1.29 is 4.42 Å². The second kappa shape index (κ2) is 6.05. The number of para-hydroxylation sites is 4. The van der Waals surface area contributed by atoms with Crippen LogP contribution in [0.25, 0.3) is 71.2 Å². The average molecular weight is 422 g/mol. The van der Waals surface area contributed by atoms with Gasteiger partial charge in [-0.2, -0.15) is 0 Å². The van der Waals surface area contributed by atoms with Gasteiger partial charge < -0.3 is 14.0 Å². The van der Waals surface area contributed by atoms with Crippen LogP contribution in [0.1, 0.15) is 0 Å². The van der Waals surface area contributed by atoms with E-state index < -0.39 is 0 Å². The number of hydrogen-bond acceptors (Lipinski definition) is 1. The molecule has 3 heterocycles. The fourth-order valence-corrected chi connectivity index (χ4v) is 5.54. The van der Waals surface area contributed by atoms with Crippen LogP contribution in [0.5, 0.6) is 0 Å². The van der Waals surface area contributed by atoms with Crippen molar-refractivity contribution in [2.45, 2.75) is 0 Å². The minimum Gasteiger partial charge on any atom is -0.454 e. The van der Waals surface area contributed by atoms with Crippen LogP contribution in [-0.2, 0) is 0 Å². The number of rotatable bonds is 1. The Balaban J connectivity index is 1.59. The Morgan fingerprint density at radius 3 is 2.24 bits per heavy atom. The zero-order chi connectivity index (χ0) is 21.5. The number of hydrogen-bond donors (Lipinski definition) is 1. The molecule has 3 heteroatoms. The summed E-state index contributed by atoms with van der Waals surface area (Å²) in [6, 6.07) is 36.4. The van der Waals surface area contributed by atoms with Crippen molar-refractivity contribution in [3.05, 3.63) is 103 Å². The van der Waals surface area contributed by atoms with Crippen molar-refractivity contribution in [3.8, 4) is 5.69 Å². The Hall–Kier alpha value is -4.50. The Kier molecular flexibility index (Phi) is 3.14. The topological polar surface area (TPSA) is 33.9 Å². The summed E-state index contributed by atoms with van der Waals surface area (Å²) in [6.07, 6.45) is 0. The van der Waals surface area contributed by atoms with Crippen LogP contribution >= 0.6 is 0 Å². The summed E-state index contributed by atoms with van der Waals surface area (Å²) in [6.45, 7) is 0. The zero-order valence-corrected chi connectivity index (χ0v) is 17.7. The SMILES string of the molecule is c1ccc2c(c1)[nH]c1c2ccc2c1c1ccccc1n2-c1cccc2c1oc1ccccc12. The van der Waals surface area contributed by atoms with Gasteiger partial charge in [-0.05, 0) is 30.3 Å². The summed E-state index contributed by atoms with van der Waals surface area (Å²) in [7, 11) is 0. The van der Waals surface area contributed by atoms with Gasteiger partial charge >= 0.3 is 0 Å². The van der Waals surface area contributed by atoms with Crippen molar-refractivity contribution in [2.75, 3.05) is 0 Å². The number of nitrogens with zero attached hydrogens (tertiary/aromatic N) is 1. The van der Waals surface area contributed by atoms with Crippen LogP contribution in [0, 0.1) is 0 Å². The van der Waals surface area contributed by atoms with E-state index in [2.05, 4.69) is 101 Å². The molecule has 0 saturated heterocycles. The van der Waals surface area contributed by atoms with E-state index in [-0.39, 0.29) is 0 Å². The van der Waals surface area contributed by atoms with Crippen molar-refractivity contribution >= 4 is 65.6 Å². The lowest BCUT2D eigenvalue weighted by atomic mass is 10.1. The van der Waals surface area contributed by atoms with E-state index in [9.17, 15) is 0 Å². The van der Waals surface area contributed by atoms with Gasteiger partial charge in [0.1, 0.15) is 5.58 Å². The first-order valence-electron chi connectivity index (χ1n) is 11.2. The summed E-state index contributed by atoms with van der Waals surface area (Å²) >= 11 is 0. The van der Waals surface area contributed by atoms with Crippen molar-refractivity contribution in [1.29, 1.82) is 0 Å². The van der Waals surface area contributed by atoms with Crippen molar-refractivity contribution in [3.63, 3.8) is 0 Å². The molecule has 0 bridgehead atoms. The van der Waals surface area contributed by atoms with E-state index in [0.717, 1.165) is 33.1 Å². The number of aromatic nitrogens is 2. The van der Waals surface area contributed by atoms with Crippen LogP contribution in [0.2, 0.25) is 0 Å². The molecule has 3 aromatic heterocycles. The predicted molar refractivity (Wildman–Crippen MR) is 137 cm³/mol. The highest BCUT2D eigenvalue weighted by atomic mass is 16.3. The molecular formula is C30H18N2O. The van der Waals surface area contributed by atoms with E-state index in [1.165, 1.54) is 38.1 Å². The first kappa shape index (κ1) is 17.1. The number of nitrogens with one attached hydrogen (secondary N) is 1. The third kappa shape index (κ3) is 2.14. The molecule has 0 aliphatic carbocycles. The summed E-state index contributed by atoms with van der Waals surface area (Å²) < 4.78 is 8.76. The Morgan fingerprint density at radius 2 is 1.30 bits per heavy atom. The molecule has 8 rings (SSSR count). The average Bonchev–Trinajstić information content (AvgIpc) is 3.53. The Labute approximate surface area is 188 Å². The molecule has 0 saturated carbocycles. The molecular weight excluding hydrogens is 404 g/mol. The molecule has 5 aromatic carbocycles. The Morgan fingerprint density at radius 1 is 0.545 bits per heavy atom. The van der Waals surface area contributed by atoms with E-state index in [1.54, 1.807) is 0 Å². The molecule has 0 radical (unpaired) electrons. The lowest BCUT2D eigenvalue weighted by molar-refractivity contribution is 0.666. The molecule has 0 atom stereocenters. The van der Waals surface area contributed by atoms with E-state index in [0.29, 0.717) is 0 Å². The number of furan rings is 1. The molecule has 3 nitrogen and oxygen atoms in total. The van der Waals surface area contributed by atoms with Gasteiger partial charge in [0.15, 0.2) is 5.58 Å². The van der Waals surface area contributed by atoms with E-state index in [1.807, 2.05) is 12.1 Å².